The van der Waals surface area contributed by atoms with E-state index in [-0.39, 0.29) is 11.7 Å². The lowest BCUT2D eigenvalue weighted by molar-refractivity contribution is -0.120. The number of ketones is 1. The number of amides is 1. The molecular weight excluding hydrogens is 278 g/mol. The zero-order chi connectivity index (χ0) is 15.1. The van der Waals surface area contributed by atoms with Crippen LogP contribution in [0.25, 0.3) is 21.9 Å². The molecular formula is C18H15NO3. The van der Waals surface area contributed by atoms with Gasteiger partial charge in [0.1, 0.15) is 16.9 Å². The standard InChI is InChI=1S/C18H15NO3/c20-12-8-10-19(11-9-12)18(21)15-6-3-5-14-13-4-1-2-7-16(13)22-17(14)15/h1-7H,8-11H2. The quantitative estimate of drug-likeness (QED) is 0.691. The van der Waals surface area contributed by atoms with Gasteiger partial charge >= 0.3 is 0 Å². The van der Waals surface area contributed by atoms with E-state index in [9.17, 15) is 9.59 Å². The van der Waals surface area contributed by atoms with Crippen molar-refractivity contribution in [3.63, 3.8) is 0 Å². The summed E-state index contributed by atoms with van der Waals surface area (Å²) in [7, 11) is 0. The molecule has 110 valence electrons. The number of piperidine rings is 1. The first kappa shape index (κ1) is 13.1. The Morgan fingerprint density at radius 1 is 0.955 bits per heavy atom. The number of nitrogens with zero attached hydrogens (tertiary/aromatic N) is 1. The van der Waals surface area contributed by atoms with Crippen molar-refractivity contribution in [2.24, 2.45) is 0 Å². The fourth-order valence-electron chi connectivity index (χ4n) is 3.05. The van der Waals surface area contributed by atoms with Crippen LogP contribution in [0.5, 0.6) is 0 Å². The molecule has 0 N–H and O–H groups in total. The van der Waals surface area contributed by atoms with Gasteiger partial charge in [-0.3, -0.25) is 9.59 Å². The van der Waals surface area contributed by atoms with Crippen LogP contribution in [0.1, 0.15) is 23.2 Å². The summed E-state index contributed by atoms with van der Waals surface area (Å²) in [6, 6.07) is 13.4. The molecule has 1 aliphatic rings. The number of benzene rings is 2. The first-order valence-electron chi connectivity index (χ1n) is 7.45. The van der Waals surface area contributed by atoms with E-state index in [0.717, 1.165) is 16.4 Å². The summed E-state index contributed by atoms with van der Waals surface area (Å²) in [5.41, 5.74) is 1.99. The molecule has 0 spiro atoms. The van der Waals surface area contributed by atoms with Crippen molar-refractivity contribution < 1.29 is 14.0 Å². The van der Waals surface area contributed by atoms with E-state index in [1.54, 1.807) is 11.0 Å². The molecule has 0 aliphatic carbocycles. The van der Waals surface area contributed by atoms with Crippen molar-refractivity contribution in [2.75, 3.05) is 13.1 Å². The fourth-order valence-corrected chi connectivity index (χ4v) is 3.05. The van der Waals surface area contributed by atoms with Crippen LogP contribution < -0.4 is 0 Å². The minimum atomic E-state index is -0.0582. The van der Waals surface area contributed by atoms with Gasteiger partial charge in [-0.1, -0.05) is 30.3 Å². The molecule has 1 aromatic heterocycles. The molecule has 22 heavy (non-hydrogen) atoms. The van der Waals surface area contributed by atoms with Crippen molar-refractivity contribution in [3.8, 4) is 0 Å². The molecule has 1 aliphatic heterocycles. The zero-order valence-corrected chi connectivity index (χ0v) is 12.0. The Hall–Kier alpha value is -2.62. The molecule has 4 heteroatoms. The van der Waals surface area contributed by atoms with Crippen LogP contribution in [-0.2, 0) is 4.79 Å². The molecule has 0 saturated carbocycles. The van der Waals surface area contributed by atoms with Crippen LogP contribution >= 0.6 is 0 Å². The van der Waals surface area contributed by atoms with Gasteiger partial charge in [-0.15, -0.1) is 0 Å². The topological polar surface area (TPSA) is 50.5 Å². The van der Waals surface area contributed by atoms with Gasteiger partial charge in [0.25, 0.3) is 5.91 Å². The summed E-state index contributed by atoms with van der Waals surface area (Å²) in [6.07, 6.45) is 0.893. The predicted octanol–water partition coefficient (Wildman–Crippen LogP) is 3.39. The highest BCUT2D eigenvalue weighted by molar-refractivity contribution is 6.13. The Labute approximate surface area is 127 Å². The van der Waals surface area contributed by atoms with Crippen LogP contribution in [0.2, 0.25) is 0 Å². The van der Waals surface area contributed by atoms with Gasteiger partial charge in [0, 0.05) is 36.7 Å². The lowest BCUT2D eigenvalue weighted by atomic mass is 10.1. The highest BCUT2D eigenvalue weighted by atomic mass is 16.3. The second kappa shape index (κ2) is 4.98. The second-order valence-corrected chi connectivity index (χ2v) is 5.61. The highest BCUT2D eigenvalue weighted by Gasteiger charge is 2.24. The largest absolute Gasteiger partial charge is 0.455 e. The van der Waals surface area contributed by atoms with Crippen LogP contribution in [0, 0.1) is 0 Å². The van der Waals surface area contributed by atoms with Crippen LogP contribution in [0.4, 0.5) is 0 Å². The number of para-hydroxylation sites is 2. The lowest BCUT2D eigenvalue weighted by Crippen LogP contribution is -2.38. The van der Waals surface area contributed by atoms with Gasteiger partial charge in [0.2, 0.25) is 0 Å². The number of likely N-dealkylation sites (tertiary alicyclic amines) is 1. The maximum atomic E-state index is 12.8. The molecule has 0 unspecified atom stereocenters. The molecule has 4 rings (SSSR count). The van der Waals surface area contributed by atoms with Crippen molar-refractivity contribution in [2.45, 2.75) is 12.8 Å². The normalized spacial score (nSPS) is 15.6. The third kappa shape index (κ3) is 1.99. The number of furan rings is 1. The number of carbonyl (C=O) groups is 2. The Morgan fingerprint density at radius 2 is 1.68 bits per heavy atom. The van der Waals surface area contributed by atoms with Crippen LogP contribution in [0.3, 0.4) is 0 Å². The summed E-state index contributed by atoms with van der Waals surface area (Å²) in [5.74, 6) is 0.170. The smallest absolute Gasteiger partial charge is 0.257 e. The van der Waals surface area contributed by atoms with Gasteiger partial charge in [-0.25, -0.2) is 0 Å². The summed E-state index contributed by atoms with van der Waals surface area (Å²) in [4.78, 5) is 25.8. The van der Waals surface area contributed by atoms with E-state index in [4.69, 9.17) is 4.42 Å². The number of carbonyl (C=O) groups excluding carboxylic acids is 2. The molecule has 0 bridgehead atoms. The average molecular weight is 293 g/mol. The molecule has 3 aromatic rings. The van der Waals surface area contributed by atoms with E-state index in [1.807, 2.05) is 36.4 Å². The van der Waals surface area contributed by atoms with Crippen molar-refractivity contribution >= 4 is 33.6 Å². The third-order valence-electron chi connectivity index (χ3n) is 4.24. The van der Waals surface area contributed by atoms with E-state index < -0.39 is 0 Å². The zero-order valence-electron chi connectivity index (χ0n) is 12.0. The summed E-state index contributed by atoms with van der Waals surface area (Å²) < 4.78 is 5.90. The highest BCUT2D eigenvalue weighted by Crippen LogP contribution is 2.31. The van der Waals surface area contributed by atoms with E-state index >= 15 is 0 Å². The number of fused-ring (bicyclic) bond motifs is 3. The Kier molecular flexibility index (Phi) is 2.96. The maximum absolute atomic E-state index is 12.8. The van der Waals surface area contributed by atoms with E-state index in [2.05, 4.69) is 0 Å². The summed E-state index contributed by atoms with van der Waals surface area (Å²) >= 11 is 0. The van der Waals surface area contributed by atoms with Crippen molar-refractivity contribution in [1.82, 2.24) is 4.90 Å². The van der Waals surface area contributed by atoms with Crippen molar-refractivity contribution in [3.05, 3.63) is 48.0 Å². The van der Waals surface area contributed by atoms with Gasteiger partial charge in [-0.2, -0.15) is 0 Å². The summed E-state index contributed by atoms with van der Waals surface area (Å²) in [5, 5.41) is 1.97. The third-order valence-corrected chi connectivity index (χ3v) is 4.24. The summed E-state index contributed by atoms with van der Waals surface area (Å²) in [6.45, 7) is 0.989. The van der Waals surface area contributed by atoms with Crippen molar-refractivity contribution in [1.29, 1.82) is 0 Å². The SMILES string of the molecule is O=C1CCN(C(=O)c2cccc3c2oc2ccccc23)CC1. The van der Waals surface area contributed by atoms with Gasteiger partial charge in [-0.05, 0) is 12.1 Å². The molecule has 0 atom stereocenters. The van der Waals surface area contributed by atoms with E-state index in [1.165, 1.54) is 0 Å². The molecule has 1 fully saturated rings. The van der Waals surface area contributed by atoms with Crippen LogP contribution in [-0.4, -0.2) is 29.7 Å². The van der Waals surface area contributed by atoms with E-state index in [0.29, 0.717) is 37.1 Å². The Bertz CT molecular complexity index is 884. The number of rotatable bonds is 1. The number of hydrogen-bond donors (Lipinski definition) is 0. The van der Waals surface area contributed by atoms with Gasteiger partial charge in [0.05, 0.1) is 5.56 Å². The monoisotopic (exact) mass is 293 g/mol. The molecule has 0 radical (unpaired) electrons. The molecule has 2 aromatic carbocycles. The van der Waals surface area contributed by atoms with Crippen LogP contribution in [0.15, 0.2) is 46.9 Å². The molecule has 1 amide bonds. The molecule has 2 heterocycles. The lowest BCUT2D eigenvalue weighted by Gasteiger charge is -2.26. The second-order valence-electron chi connectivity index (χ2n) is 5.61. The Balaban J connectivity index is 1.81. The number of hydrogen-bond acceptors (Lipinski definition) is 3. The molecule has 4 nitrogen and oxygen atoms in total. The first-order chi connectivity index (χ1) is 10.7. The van der Waals surface area contributed by atoms with Gasteiger partial charge in [0.15, 0.2) is 0 Å². The minimum Gasteiger partial charge on any atom is -0.455 e. The van der Waals surface area contributed by atoms with Gasteiger partial charge < -0.3 is 9.32 Å². The minimum absolute atomic E-state index is 0.0582. The number of Topliss-reactive ketones (excluding diaryl/α,β-unsaturated/α-hetero) is 1. The first-order valence-corrected chi connectivity index (χ1v) is 7.45. The fraction of sp³-hybridized carbons (Fsp3) is 0.222. The predicted molar refractivity (Wildman–Crippen MR) is 83.9 cm³/mol. The Morgan fingerprint density at radius 3 is 2.50 bits per heavy atom. The maximum Gasteiger partial charge on any atom is 0.257 e. The molecule has 1 saturated heterocycles. The average Bonchev–Trinajstić information content (AvgIpc) is 2.93.